The number of hydrogen-bond acceptors (Lipinski definition) is 8. The fraction of sp³-hybridized carbons (Fsp3) is 0.310. The maximum Gasteiger partial charge on any atom is 0.266 e. The van der Waals surface area contributed by atoms with Crippen LogP contribution in [0.15, 0.2) is 71.8 Å². The van der Waals surface area contributed by atoms with E-state index in [0.29, 0.717) is 24.2 Å². The molecular weight excluding hydrogens is 534 g/mol. The molecule has 2 aromatic carbocycles. The molecule has 0 aliphatic rings. The molecule has 40 heavy (non-hydrogen) atoms. The van der Waals surface area contributed by atoms with Crippen molar-refractivity contribution in [3.8, 4) is 5.75 Å². The first-order valence-electron chi connectivity index (χ1n) is 13.0. The van der Waals surface area contributed by atoms with Crippen molar-refractivity contribution in [1.29, 1.82) is 0 Å². The van der Waals surface area contributed by atoms with Gasteiger partial charge in [-0.15, -0.1) is 0 Å². The number of para-hydroxylation sites is 1. The minimum Gasteiger partial charge on any atom is -0.543 e. The molecule has 0 aliphatic heterocycles. The van der Waals surface area contributed by atoms with E-state index in [4.69, 9.17) is 4.74 Å². The van der Waals surface area contributed by atoms with Crippen molar-refractivity contribution in [2.75, 3.05) is 13.2 Å². The third kappa shape index (κ3) is 8.91. The Balaban J connectivity index is 1.62. The van der Waals surface area contributed by atoms with Crippen LogP contribution in [0.1, 0.15) is 75.8 Å². The Bertz CT molecular complexity index is 1410. The average Bonchev–Trinajstić information content (AvgIpc) is 2.95. The van der Waals surface area contributed by atoms with Gasteiger partial charge in [-0.3, -0.25) is 14.6 Å². The molecule has 2 N–H and O–H groups in total. The molecule has 0 bridgehead atoms. The van der Waals surface area contributed by atoms with Crippen LogP contribution in [0.3, 0.4) is 0 Å². The highest BCUT2D eigenvalue weighted by Crippen LogP contribution is 2.17. The van der Waals surface area contributed by atoms with Gasteiger partial charge in [0.25, 0.3) is 21.8 Å². The summed E-state index contributed by atoms with van der Waals surface area (Å²) in [5.74, 6) is -2.15. The minimum absolute atomic E-state index is 0.0298. The van der Waals surface area contributed by atoms with E-state index in [2.05, 4.69) is 17.2 Å². The van der Waals surface area contributed by atoms with E-state index in [0.717, 1.165) is 31.9 Å². The number of rotatable bonds is 15. The fourth-order valence-corrected chi connectivity index (χ4v) is 4.88. The summed E-state index contributed by atoms with van der Waals surface area (Å²) in [4.78, 5) is 40.1. The summed E-state index contributed by atoms with van der Waals surface area (Å²) in [5.41, 5.74) is 0.250. The average molecular weight is 567 g/mol. The van der Waals surface area contributed by atoms with Gasteiger partial charge in [0.1, 0.15) is 12.4 Å². The van der Waals surface area contributed by atoms with Gasteiger partial charge in [-0.05, 0) is 60.9 Å². The zero-order chi connectivity index (χ0) is 29.0. The first-order valence-corrected chi connectivity index (χ1v) is 14.5. The van der Waals surface area contributed by atoms with Crippen molar-refractivity contribution in [3.05, 3.63) is 89.2 Å². The number of aromatic carboxylic acids is 1. The number of nitrogens with zero attached hydrogens (tertiary/aromatic N) is 1. The Morgan fingerprint density at radius 2 is 1.62 bits per heavy atom. The lowest BCUT2D eigenvalue weighted by Crippen LogP contribution is -2.32. The number of ether oxygens (including phenoxy) is 1. The Labute approximate surface area is 233 Å². The third-order valence-corrected chi connectivity index (χ3v) is 7.39. The molecule has 0 fully saturated rings. The van der Waals surface area contributed by atoms with E-state index in [9.17, 15) is 27.9 Å². The van der Waals surface area contributed by atoms with Gasteiger partial charge >= 0.3 is 0 Å². The van der Waals surface area contributed by atoms with Crippen LogP contribution < -0.4 is 19.9 Å². The van der Waals surface area contributed by atoms with Gasteiger partial charge < -0.3 is 20.0 Å². The Kier molecular flexibility index (Phi) is 11.2. The highest BCUT2D eigenvalue weighted by Gasteiger charge is 2.22. The number of nitrogens with one attached hydrogen (secondary N) is 2. The molecule has 1 heterocycles. The van der Waals surface area contributed by atoms with Crippen LogP contribution in [0.4, 0.5) is 0 Å². The zero-order valence-electron chi connectivity index (χ0n) is 22.2. The number of carboxylic acid groups (broad SMARTS) is 1. The summed E-state index contributed by atoms with van der Waals surface area (Å²) in [6.45, 7) is 2.59. The Morgan fingerprint density at radius 3 is 2.30 bits per heavy atom. The van der Waals surface area contributed by atoms with Crippen LogP contribution >= 0.6 is 0 Å². The summed E-state index contributed by atoms with van der Waals surface area (Å²) >= 11 is 0. The van der Waals surface area contributed by atoms with Crippen LogP contribution in [-0.4, -0.2) is 44.3 Å². The van der Waals surface area contributed by atoms with Crippen molar-refractivity contribution >= 4 is 27.8 Å². The molecule has 0 aliphatic carbocycles. The molecule has 0 saturated carbocycles. The second-order valence-electron chi connectivity index (χ2n) is 9.05. The number of benzene rings is 2. The number of pyridine rings is 1. The summed E-state index contributed by atoms with van der Waals surface area (Å²) in [7, 11) is -4.29. The van der Waals surface area contributed by atoms with E-state index >= 15 is 0 Å². The first kappa shape index (κ1) is 30.3. The lowest BCUT2D eigenvalue weighted by atomic mass is 10.0. The number of aryl methyl sites for hydroxylation is 1. The van der Waals surface area contributed by atoms with E-state index in [1.165, 1.54) is 30.3 Å². The standard InChI is InChI=1S/C29H33N3O7S/c1-2-3-4-5-7-10-22-19-26(29(35)36)31-20-25(22)28(34)32-40(37,38)24-15-13-21(14-16-24)27(33)30-17-18-39-23-11-8-6-9-12-23/h6,8-9,11-16,19-20H,2-5,7,10,17-18H2,1H3,(H,30,33)(H,32,34)(H,35,36)/p-1. The molecule has 3 rings (SSSR count). The monoisotopic (exact) mass is 566 g/mol. The van der Waals surface area contributed by atoms with Gasteiger partial charge in [0, 0.05) is 11.8 Å². The molecule has 0 radical (unpaired) electrons. The molecule has 11 heteroatoms. The second kappa shape index (κ2) is 14.8. The maximum atomic E-state index is 12.9. The topological polar surface area (TPSA) is 155 Å². The molecule has 10 nitrogen and oxygen atoms in total. The first-order chi connectivity index (χ1) is 19.2. The molecule has 0 unspecified atom stereocenters. The van der Waals surface area contributed by atoms with E-state index in [1.807, 2.05) is 22.9 Å². The van der Waals surface area contributed by atoms with Crippen molar-refractivity contribution in [1.82, 2.24) is 15.0 Å². The fourth-order valence-electron chi connectivity index (χ4n) is 3.91. The van der Waals surface area contributed by atoms with Gasteiger partial charge in [-0.2, -0.15) is 0 Å². The van der Waals surface area contributed by atoms with Crippen LogP contribution in [-0.2, 0) is 16.4 Å². The van der Waals surface area contributed by atoms with Crippen molar-refractivity contribution < 1.29 is 32.6 Å². The highest BCUT2D eigenvalue weighted by atomic mass is 32.2. The molecule has 1 aromatic heterocycles. The molecular formula is C29H32N3O7S-. The van der Waals surface area contributed by atoms with Crippen LogP contribution in [0, 0.1) is 0 Å². The Morgan fingerprint density at radius 1 is 0.925 bits per heavy atom. The number of amides is 2. The lowest BCUT2D eigenvalue weighted by Gasteiger charge is -2.13. The molecule has 212 valence electrons. The largest absolute Gasteiger partial charge is 0.543 e. The number of aromatic nitrogens is 1. The summed E-state index contributed by atoms with van der Waals surface area (Å²) in [5, 5.41) is 14.0. The predicted molar refractivity (Wildman–Crippen MR) is 146 cm³/mol. The maximum absolute atomic E-state index is 12.9. The smallest absolute Gasteiger partial charge is 0.266 e. The molecule has 0 saturated heterocycles. The number of unbranched alkanes of at least 4 members (excludes halogenated alkanes) is 4. The zero-order valence-corrected chi connectivity index (χ0v) is 23.0. The number of hydrogen-bond donors (Lipinski definition) is 2. The van der Waals surface area contributed by atoms with Crippen LogP contribution in [0.2, 0.25) is 0 Å². The van der Waals surface area contributed by atoms with Gasteiger partial charge in [0.2, 0.25) is 0 Å². The minimum atomic E-state index is -4.29. The van der Waals surface area contributed by atoms with Gasteiger partial charge in [-0.1, -0.05) is 50.8 Å². The SMILES string of the molecule is CCCCCCCc1cc(C(=O)[O-])ncc1C(=O)NS(=O)(=O)c1ccc(C(=O)NCCOc2ccccc2)cc1. The summed E-state index contributed by atoms with van der Waals surface area (Å²) in [6, 6.07) is 15.5. The number of sulfonamides is 1. The summed E-state index contributed by atoms with van der Waals surface area (Å²) in [6.07, 6.45) is 6.14. The summed E-state index contributed by atoms with van der Waals surface area (Å²) < 4.78 is 33.3. The normalized spacial score (nSPS) is 11.0. The van der Waals surface area contributed by atoms with Crippen LogP contribution in [0.25, 0.3) is 0 Å². The molecule has 0 spiro atoms. The number of carbonyl (C=O) groups excluding carboxylic acids is 3. The number of carbonyl (C=O) groups is 3. The highest BCUT2D eigenvalue weighted by molar-refractivity contribution is 7.90. The third-order valence-electron chi connectivity index (χ3n) is 6.05. The lowest BCUT2D eigenvalue weighted by molar-refractivity contribution is -0.255. The van der Waals surface area contributed by atoms with E-state index < -0.39 is 27.8 Å². The van der Waals surface area contributed by atoms with Crippen molar-refractivity contribution in [3.63, 3.8) is 0 Å². The van der Waals surface area contributed by atoms with E-state index in [-0.39, 0.29) is 34.9 Å². The molecule has 3 aromatic rings. The van der Waals surface area contributed by atoms with Gasteiger partial charge in [-0.25, -0.2) is 13.1 Å². The second-order valence-corrected chi connectivity index (χ2v) is 10.7. The molecule has 0 atom stereocenters. The van der Waals surface area contributed by atoms with Crippen molar-refractivity contribution in [2.24, 2.45) is 0 Å². The molecule has 2 amide bonds. The Hall–Kier alpha value is -4.25. The van der Waals surface area contributed by atoms with E-state index in [1.54, 1.807) is 12.1 Å². The quantitative estimate of drug-likeness (QED) is 0.266. The van der Waals surface area contributed by atoms with Crippen molar-refractivity contribution in [2.45, 2.75) is 50.3 Å². The number of carboxylic acids is 1. The predicted octanol–water partition coefficient (Wildman–Crippen LogP) is 2.89. The van der Waals surface area contributed by atoms with Gasteiger partial charge in [0.05, 0.1) is 28.7 Å². The van der Waals surface area contributed by atoms with Crippen LogP contribution in [0.5, 0.6) is 5.75 Å². The van der Waals surface area contributed by atoms with Gasteiger partial charge in [0.15, 0.2) is 0 Å².